The van der Waals surface area contributed by atoms with E-state index in [-0.39, 0.29) is 0 Å². The summed E-state index contributed by atoms with van der Waals surface area (Å²) in [5.41, 5.74) is 6.85. The maximum atomic E-state index is 5.96. The molecular formula is C13H18N6. The van der Waals surface area contributed by atoms with Crippen LogP contribution in [-0.4, -0.2) is 32.8 Å². The summed E-state index contributed by atoms with van der Waals surface area (Å²) in [6.07, 6.45) is 8.42. The van der Waals surface area contributed by atoms with Crippen LogP contribution >= 0.6 is 0 Å². The highest BCUT2D eigenvalue weighted by Gasteiger charge is 2.16. The number of rotatable bonds is 2. The third kappa shape index (κ3) is 2.52. The van der Waals surface area contributed by atoms with E-state index in [9.17, 15) is 0 Å². The number of hydrogen-bond acceptors (Lipinski definition) is 5. The monoisotopic (exact) mass is 258 g/mol. The predicted molar refractivity (Wildman–Crippen MR) is 74.2 cm³/mol. The van der Waals surface area contributed by atoms with Crippen LogP contribution in [0.15, 0.2) is 24.5 Å². The Kier molecular flexibility index (Phi) is 3.31. The zero-order valence-corrected chi connectivity index (χ0v) is 10.9. The highest BCUT2D eigenvalue weighted by molar-refractivity contribution is 5.42. The molecule has 0 aromatic carbocycles. The minimum absolute atomic E-state index is 0.422. The fourth-order valence-electron chi connectivity index (χ4n) is 2.39. The van der Waals surface area contributed by atoms with Gasteiger partial charge in [-0.3, -0.25) is 4.98 Å². The zero-order valence-electron chi connectivity index (χ0n) is 10.9. The normalized spacial score (nSPS) is 16.3. The molecule has 1 aliphatic heterocycles. The van der Waals surface area contributed by atoms with Crippen LogP contribution in [-0.2, 0) is 0 Å². The number of nitrogen functional groups attached to an aromatic ring is 1. The highest BCUT2D eigenvalue weighted by Crippen LogP contribution is 2.19. The van der Waals surface area contributed by atoms with Crippen LogP contribution in [0.25, 0.3) is 5.69 Å². The first-order chi connectivity index (χ1) is 9.34. The standard InChI is InChI=1S/C13H18N6/c14-12-16-13(18-9-3-1-2-4-10-18)17-19(12)11-5-7-15-8-6-11/h5-8H,1-4,9-10H2,(H2,14,16,17). The predicted octanol–water partition coefficient (Wildman–Crippen LogP) is 1.62. The van der Waals surface area contributed by atoms with Gasteiger partial charge in [0.05, 0.1) is 5.69 Å². The van der Waals surface area contributed by atoms with Gasteiger partial charge in [0, 0.05) is 25.5 Å². The first-order valence-corrected chi connectivity index (χ1v) is 6.72. The van der Waals surface area contributed by atoms with E-state index in [1.54, 1.807) is 17.1 Å². The van der Waals surface area contributed by atoms with Crippen LogP contribution in [0, 0.1) is 0 Å². The largest absolute Gasteiger partial charge is 0.368 e. The van der Waals surface area contributed by atoms with Gasteiger partial charge in [-0.2, -0.15) is 9.67 Å². The van der Waals surface area contributed by atoms with E-state index < -0.39 is 0 Å². The van der Waals surface area contributed by atoms with Gasteiger partial charge in [0.25, 0.3) is 0 Å². The molecule has 6 nitrogen and oxygen atoms in total. The number of nitrogens with two attached hydrogens (primary N) is 1. The number of aromatic nitrogens is 4. The van der Waals surface area contributed by atoms with Gasteiger partial charge >= 0.3 is 0 Å². The smallest absolute Gasteiger partial charge is 0.246 e. The summed E-state index contributed by atoms with van der Waals surface area (Å²) in [7, 11) is 0. The van der Waals surface area contributed by atoms with Gasteiger partial charge in [0.1, 0.15) is 0 Å². The lowest BCUT2D eigenvalue weighted by molar-refractivity contribution is 0.726. The number of pyridine rings is 1. The first kappa shape index (κ1) is 12.0. The van der Waals surface area contributed by atoms with Crippen molar-refractivity contribution in [3.8, 4) is 5.69 Å². The van der Waals surface area contributed by atoms with Crippen molar-refractivity contribution in [1.29, 1.82) is 0 Å². The SMILES string of the molecule is Nc1nc(N2CCCCCC2)nn1-c1ccncc1. The summed E-state index contributed by atoms with van der Waals surface area (Å²) in [6, 6.07) is 3.74. The van der Waals surface area contributed by atoms with Crippen molar-refractivity contribution in [2.45, 2.75) is 25.7 Å². The van der Waals surface area contributed by atoms with E-state index >= 15 is 0 Å². The molecule has 6 heteroatoms. The van der Waals surface area contributed by atoms with Crippen LogP contribution in [0.1, 0.15) is 25.7 Å². The molecule has 19 heavy (non-hydrogen) atoms. The van der Waals surface area contributed by atoms with Crippen molar-refractivity contribution >= 4 is 11.9 Å². The second-order valence-electron chi connectivity index (χ2n) is 4.79. The molecule has 0 radical (unpaired) electrons. The van der Waals surface area contributed by atoms with Gasteiger partial charge in [-0.05, 0) is 25.0 Å². The van der Waals surface area contributed by atoms with E-state index in [0.29, 0.717) is 5.95 Å². The lowest BCUT2D eigenvalue weighted by atomic mass is 10.2. The lowest BCUT2D eigenvalue weighted by Gasteiger charge is -2.17. The number of anilines is 2. The molecule has 0 unspecified atom stereocenters. The maximum absolute atomic E-state index is 5.96. The Morgan fingerprint density at radius 3 is 2.37 bits per heavy atom. The molecule has 0 aliphatic carbocycles. The van der Waals surface area contributed by atoms with E-state index in [2.05, 4.69) is 20.0 Å². The molecule has 2 aromatic rings. The minimum atomic E-state index is 0.422. The van der Waals surface area contributed by atoms with Gasteiger partial charge in [-0.25, -0.2) is 0 Å². The topological polar surface area (TPSA) is 72.9 Å². The van der Waals surface area contributed by atoms with Crippen molar-refractivity contribution in [3.05, 3.63) is 24.5 Å². The quantitative estimate of drug-likeness (QED) is 0.886. The lowest BCUT2D eigenvalue weighted by Crippen LogP contribution is -2.25. The van der Waals surface area contributed by atoms with E-state index in [0.717, 1.165) is 24.7 Å². The van der Waals surface area contributed by atoms with E-state index in [1.165, 1.54) is 25.7 Å². The van der Waals surface area contributed by atoms with Crippen LogP contribution in [0.4, 0.5) is 11.9 Å². The minimum Gasteiger partial charge on any atom is -0.368 e. The van der Waals surface area contributed by atoms with Crippen molar-refractivity contribution in [2.24, 2.45) is 0 Å². The third-order valence-electron chi connectivity index (χ3n) is 3.42. The molecule has 0 bridgehead atoms. The van der Waals surface area contributed by atoms with Crippen molar-refractivity contribution in [2.75, 3.05) is 23.7 Å². The Balaban J connectivity index is 1.88. The fourth-order valence-corrected chi connectivity index (χ4v) is 2.39. The van der Waals surface area contributed by atoms with Crippen molar-refractivity contribution in [3.63, 3.8) is 0 Å². The van der Waals surface area contributed by atoms with E-state index in [1.807, 2.05) is 12.1 Å². The average molecular weight is 258 g/mol. The van der Waals surface area contributed by atoms with Crippen LogP contribution < -0.4 is 10.6 Å². The summed E-state index contributed by atoms with van der Waals surface area (Å²) in [4.78, 5) is 10.6. The molecule has 100 valence electrons. The Morgan fingerprint density at radius 1 is 1.00 bits per heavy atom. The number of nitrogens with zero attached hydrogens (tertiary/aromatic N) is 5. The molecule has 2 aromatic heterocycles. The maximum Gasteiger partial charge on any atom is 0.246 e. The fraction of sp³-hybridized carbons (Fsp3) is 0.462. The molecule has 0 spiro atoms. The third-order valence-corrected chi connectivity index (χ3v) is 3.42. The van der Waals surface area contributed by atoms with Gasteiger partial charge in [0.15, 0.2) is 0 Å². The molecular weight excluding hydrogens is 240 g/mol. The summed E-state index contributed by atoms with van der Waals surface area (Å²) in [5.74, 6) is 1.15. The zero-order chi connectivity index (χ0) is 13.1. The molecule has 0 atom stereocenters. The molecule has 0 amide bonds. The Labute approximate surface area is 112 Å². The van der Waals surface area contributed by atoms with Gasteiger partial charge in [-0.15, -0.1) is 5.10 Å². The second-order valence-corrected chi connectivity index (χ2v) is 4.79. The van der Waals surface area contributed by atoms with Crippen LogP contribution in [0.5, 0.6) is 0 Å². The average Bonchev–Trinajstić information content (AvgIpc) is 2.67. The van der Waals surface area contributed by atoms with Crippen molar-refractivity contribution in [1.82, 2.24) is 19.7 Å². The van der Waals surface area contributed by atoms with Gasteiger partial charge in [0.2, 0.25) is 11.9 Å². The van der Waals surface area contributed by atoms with Gasteiger partial charge < -0.3 is 10.6 Å². The Bertz CT molecular complexity index is 527. The van der Waals surface area contributed by atoms with Crippen LogP contribution in [0.3, 0.4) is 0 Å². The Morgan fingerprint density at radius 2 is 1.68 bits per heavy atom. The number of hydrogen-bond donors (Lipinski definition) is 1. The van der Waals surface area contributed by atoms with E-state index in [4.69, 9.17) is 5.73 Å². The second kappa shape index (κ2) is 5.26. The molecule has 1 fully saturated rings. The molecule has 3 rings (SSSR count). The first-order valence-electron chi connectivity index (χ1n) is 6.72. The molecule has 2 N–H and O–H groups in total. The summed E-state index contributed by atoms with van der Waals surface area (Å²) >= 11 is 0. The van der Waals surface area contributed by atoms with Crippen molar-refractivity contribution < 1.29 is 0 Å². The molecule has 3 heterocycles. The summed E-state index contributed by atoms with van der Waals surface area (Å²) < 4.78 is 1.67. The highest BCUT2D eigenvalue weighted by atomic mass is 15.5. The van der Waals surface area contributed by atoms with Gasteiger partial charge in [-0.1, -0.05) is 12.8 Å². The summed E-state index contributed by atoms with van der Waals surface area (Å²) in [6.45, 7) is 2.03. The molecule has 0 saturated carbocycles. The Hall–Kier alpha value is -2.11. The molecule has 1 saturated heterocycles. The summed E-state index contributed by atoms with van der Waals surface area (Å²) in [5, 5.41) is 4.52. The molecule has 1 aliphatic rings. The van der Waals surface area contributed by atoms with Crippen LogP contribution in [0.2, 0.25) is 0 Å².